The summed E-state index contributed by atoms with van der Waals surface area (Å²) in [5.74, 6) is -0.143. The lowest BCUT2D eigenvalue weighted by atomic mass is 10.0. The first kappa shape index (κ1) is 15.5. The highest BCUT2D eigenvalue weighted by Crippen LogP contribution is 2.27. The van der Waals surface area contributed by atoms with Crippen LogP contribution in [0.25, 0.3) is 21.3 Å². The minimum Gasteiger partial charge on any atom is -0.298 e. The third-order valence-electron chi connectivity index (χ3n) is 4.02. The molecule has 4 heteroatoms. The molecule has 0 saturated carbocycles. The number of hydrogen-bond donors (Lipinski definition) is 1. The molecule has 122 valence electrons. The molecule has 25 heavy (non-hydrogen) atoms. The lowest BCUT2D eigenvalue weighted by molar-refractivity contribution is 0.102. The molecule has 0 fully saturated rings. The van der Waals surface area contributed by atoms with Crippen molar-refractivity contribution in [1.82, 2.24) is 4.98 Å². The van der Waals surface area contributed by atoms with Crippen molar-refractivity contribution in [2.75, 3.05) is 5.32 Å². The summed E-state index contributed by atoms with van der Waals surface area (Å²) >= 11 is 1.49. The van der Waals surface area contributed by atoms with Crippen LogP contribution in [-0.4, -0.2) is 10.9 Å². The van der Waals surface area contributed by atoms with Crippen molar-refractivity contribution < 1.29 is 4.79 Å². The minimum absolute atomic E-state index is 0.143. The van der Waals surface area contributed by atoms with Gasteiger partial charge in [-0.3, -0.25) is 10.1 Å². The van der Waals surface area contributed by atoms with Gasteiger partial charge in [0.25, 0.3) is 5.91 Å². The van der Waals surface area contributed by atoms with Crippen LogP contribution < -0.4 is 5.32 Å². The summed E-state index contributed by atoms with van der Waals surface area (Å²) in [6.45, 7) is 2.05. The number of fused-ring (bicyclic) bond motifs is 1. The minimum atomic E-state index is -0.143. The van der Waals surface area contributed by atoms with Crippen molar-refractivity contribution in [3.05, 3.63) is 83.9 Å². The highest BCUT2D eigenvalue weighted by Gasteiger charge is 2.10. The van der Waals surface area contributed by atoms with Crippen LogP contribution in [0.5, 0.6) is 0 Å². The van der Waals surface area contributed by atoms with Crippen LogP contribution in [0.4, 0.5) is 5.13 Å². The van der Waals surface area contributed by atoms with Crippen LogP contribution in [0.3, 0.4) is 0 Å². The van der Waals surface area contributed by atoms with Gasteiger partial charge in [0.2, 0.25) is 0 Å². The van der Waals surface area contributed by atoms with Crippen molar-refractivity contribution in [3.63, 3.8) is 0 Å². The first-order valence-corrected chi connectivity index (χ1v) is 8.85. The number of carbonyl (C=O) groups is 1. The largest absolute Gasteiger partial charge is 0.298 e. The van der Waals surface area contributed by atoms with Crippen molar-refractivity contribution in [3.8, 4) is 11.1 Å². The van der Waals surface area contributed by atoms with Gasteiger partial charge in [0.1, 0.15) is 0 Å². The molecule has 0 aliphatic carbocycles. The number of benzene rings is 3. The van der Waals surface area contributed by atoms with E-state index < -0.39 is 0 Å². The highest BCUT2D eigenvalue weighted by atomic mass is 32.1. The summed E-state index contributed by atoms with van der Waals surface area (Å²) in [7, 11) is 0. The van der Waals surface area contributed by atoms with Crippen LogP contribution >= 0.6 is 11.3 Å². The van der Waals surface area contributed by atoms with E-state index in [1.54, 1.807) is 0 Å². The van der Waals surface area contributed by atoms with Gasteiger partial charge in [0, 0.05) is 5.56 Å². The third-order valence-corrected chi connectivity index (χ3v) is 4.95. The molecule has 1 heterocycles. The fourth-order valence-corrected chi connectivity index (χ4v) is 3.66. The van der Waals surface area contributed by atoms with E-state index in [4.69, 9.17) is 0 Å². The molecule has 0 radical (unpaired) electrons. The molecule has 0 unspecified atom stereocenters. The zero-order valence-corrected chi connectivity index (χ0v) is 14.5. The summed E-state index contributed by atoms with van der Waals surface area (Å²) in [5.41, 5.74) is 4.94. The van der Waals surface area contributed by atoms with E-state index in [1.807, 2.05) is 61.5 Å². The maximum Gasteiger partial charge on any atom is 0.257 e. The fourth-order valence-electron chi connectivity index (χ4n) is 2.70. The van der Waals surface area contributed by atoms with Gasteiger partial charge in [0.15, 0.2) is 5.13 Å². The summed E-state index contributed by atoms with van der Waals surface area (Å²) in [4.78, 5) is 16.9. The quantitative estimate of drug-likeness (QED) is 0.531. The van der Waals surface area contributed by atoms with Crippen LogP contribution in [0.2, 0.25) is 0 Å². The van der Waals surface area contributed by atoms with E-state index in [2.05, 4.69) is 28.5 Å². The van der Waals surface area contributed by atoms with Gasteiger partial charge >= 0.3 is 0 Å². The van der Waals surface area contributed by atoms with E-state index in [0.717, 1.165) is 21.3 Å². The lowest BCUT2D eigenvalue weighted by Gasteiger charge is -2.04. The number of rotatable bonds is 3. The number of aromatic nitrogens is 1. The lowest BCUT2D eigenvalue weighted by Crippen LogP contribution is -2.11. The molecule has 0 atom stereocenters. The fraction of sp³-hybridized carbons (Fsp3) is 0.0476. The molecule has 0 aliphatic rings. The van der Waals surface area contributed by atoms with Crippen molar-refractivity contribution in [2.24, 2.45) is 0 Å². The SMILES string of the molecule is Cc1ccc2nc(NC(=O)c3ccc(-c4ccccc4)cc3)sc2c1. The topological polar surface area (TPSA) is 42.0 Å². The van der Waals surface area contributed by atoms with Gasteiger partial charge in [-0.25, -0.2) is 4.98 Å². The Hall–Kier alpha value is -2.98. The number of aryl methyl sites for hydroxylation is 1. The van der Waals surface area contributed by atoms with Crippen molar-refractivity contribution in [2.45, 2.75) is 6.92 Å². The zero-order chi connectivity index (χ0) is 17.2. The second-order valence-electron chi connectivity index (χ2n) is 5.89. The van der Waals surface area contributed by atoms with Gasteiger partial charge < -0.3 is 0 Å². The van der Waals surface area contributed by atoms with Gasteiger partial charge in [-0.1, -0.05) is 59.9 Å². The number of amides is 1. The van der Waals surface area contributed by atoms with E-state index >= 15 is 0 Å². The van der Waals surface area contributed by atoms with E-state index in [9.17, 15) is 4.79 Å². The van der Waals surface area contributed by atoms with Gasteiger partial charge in [-0.15, -0.1) is 0 Å². The Labute approximate surface area is 150 Å². The average molecular weight is 344 g/mol. The number of nitrogens with zero attached hydrogens (tertiary/aromatic N) is 1. The predicted molar refractivity (Wildman–Crippen MR) is 104 cm³/mol. The highest BCUT2D eigenvalue weighted by molar-refractivity contribution is 7.22. The Bertz CT molecular complexity index is 1040. The van der Waals surface area contributed by atoms with E-state index in [1.165, 1.54) is 16.9 Å². The molecule has 0 aliphatic heterocycles. The van der Waals surface area contributed by atoms with Crippen LogP contribution in [-0.2, 0) is 0 Å². The van der Waals surface area contributed by atoms with Crippen LogP contribution in [0, 0.1) is 6.92 Å². The Morgan fingerprint density at radius 2 is 1.64 bits per heavy atom. The molecular formula is C21H16N2OS. The summed E-state index contributed by atoms with van der Waals surface area (Å²) in [5, 5.41) is 3.52. The van der Waals surface area contributed by atoms with E-state index in [-0.39, 0.29) is 5.91 Å². The number of hydrogen-bond acceptors (Lipinski definition) is 3. The molecule has 3 nitrogen and oxygen atoms in total. The van der Waals surface area contributed by atoms with Crippen molar-refractivity contribution in [1.29, 1.82) is 0 Å². The molecule has 0 bridgehead atoms. The van der Waals surface area contributed by atoms with Gasteiger partial charge in [-0.2, -0.15) is 0 Å². The standard InChI is InChI=1S/C21H16N2OS/c1-14-7-12-18-19(13-14)25-21(22-18)23-20(24)17-10-8-16(9-11-17)15-5-3-2-4-6-15/h2-13H,1H3,(H,22,23,24). The Morgan fingerprint density at radius 1 is 0.920 bits per heavy atom. The molecule has 1 N–H and O–H groups in total. The van der Waals surface area contributed by atoms with E-state index in [0.29, 0.717) is 10.7 Å². The average Bonchev–Trinajstić information content (AvgIpc) is 3.04. The summed E-state index contributed by atoms with van der Waals surface area (Å²) in [6.07, 6.45) is 0. The second kappa shape index (κ2) is 6.49. The summed E-state index contributed by atoms with van der Waals surface area (Å²) < 4.78 is 1.08. The number of carbonyl (C=O) groups excluding carboxylic acids is 1. The smallest absolute Gasteiger partial charge is 0.257 e. The maximum atomic E-state index is 12.5. The first-order valence-electron chi connectivity index (χ1n) is 8.03. The molecule has 1 amide bonds. The molecule has 0 saturated heterocycles. The Morgan fingerprint density at radius 3 is 2.40 bits per heavy atom. The monoisotopic (exact) mass is 344 g/mol. The third kappa shape index (κ3) is 3.30. The normalized spacial score (nSPS) is 10.8. The maximum absolute atomic E-state index is 12.5. The van der Waals surface area contributed by atoms with Crippen LogP contribution in [0.15, 0.2) is 72.8 Å². The molecule has 4 aromatic rings. The Balaban J connectivity index is 1.54. The molecule has 0 spiro atoms. The predicted octanol–water partition coefficient (Wildman–Crippen LogP) is 5.52. The second-order valence-corrected chi connectivity index (χ2v) is 6.92. The molecule has 3 aromatic carbocycles. The van der Waals surface area contributed by atoms with Crippen LogP contribution in [0.1, 0.15) is 15.9 Å². The van der Waals surface area contributed by atoms with Crippen molar-refractivity contribution >= 4 is 32.6 Å². The van der Waals surface area contributed by atoms with Gasteiger partial charge in [0.05, 0.1) is 10.2 Å². The van der Waals surface area contributed by atoms with Gasteiger partial charge in [-0.05, 0) is 47.9 Å². The number of thiazole rings is 1. The molecular weight excluding hydrogens is 328 g/mol. The number of anilines is 1. The number of nitrogens with one attached hydrogen (secondary N) is 1. The molecule has 4 rings (SSSR count). The Kier molecular flexibility index (Phi) is 4.04. The molecule has 1 aromatic heterocycles. The summed E-state index contributed by atoms with van der Waals surface area (Å²) in [6, 6.07) is 23.8. The first-order chi connectivity index (χ1) is 12.2. The zero-order valence-electron chi connectivity index (χ0n) is 13.7.